The fraction of sp³-hybridized carbons (Fsp3) is 0.0952. The number of pyridine rings is 1. The Morgan fingerprint density at radius 1 is 0.857 bits per heavy atom. The fourth-order valence-corrected chi connectivity index (χ4v) is 3.47. The zero-order valence-electron chi connectivity index (χ0n) is 14.7. The predicted molar refractivity (Wildman–Crippen MR) is 114 cm³/mol. The molecule has 0 saturated carbocycles. The van der Waals surface area contributed by atoms with Crippen LogP contribution in [0.15, 0.2) is 80.9 Å². The zero-order valence-corrected chi connectivity index (χ0v) is 17.0. The lowest BCUT2D eigenvalue weighted by molar-refractivity contribution is 0.633. The van der Waals surface area contributed by atoms with Gasteiger partial charge >= 0.3 is 5.69 Å². The predicted octanol–water partition coefficient (Wildman–Crippen LogP) is 4.07. The van der Waals surface area contributed by atoms with Gasteiger partial charge in [-0.05, 0) is 47.5 Å². The molecule has 7 heteroatoms. The van der Waals surface area contributed by atoms with Crippen LogP contribution in [0, 0.1) is 0 Å². The van der Waals surface area contributed by atoms with E-state index < -0.39 is 5.56 Å². The second-order valence-corrected chi connectivity index (χ2v) is 7.74. The highest BCUT2D eigenvalue weighted by molar-refractivity contribution is 9.10. The van der Waals surface area contributed by atoms with Crippen molar-refractivity contribution < 1.29 is 0 Å². The van der Waals surface area contributed by atoms with Crippen LogP contribution in [0.3, 0.4) is 0 Å². The number of nitrogens with zero attached hydrogens (tertiary/aromatic N) is 3. The first-order chi connectivity index (χ1) is 13.5. The molecule has 0 aliphatic heterocycles. The van der Waals surface area contributed by atoms with Gasteiger partial charge in [0.1, 0.15) is 0 Å². The van der Waals surface area contributed by atoms with E-state index in [0.717, 1.165) is 15.6 Å². The maximum Gasteiger partial charge on any atom is 0.332 e. The van der Waals surface area contributed by atoms with Crippen molar-refractivity contribution in [3.63, 3.8) is 0 Å². The zero-order chi connectivity index (χ0) is 19.7. The van der Waals surface area contributed by atoms with Gasteiger partial charge in [0, 0.05) is 15.7 Å². The lowest BCUT2D eigenvalue weighted by Crippen LogP contribution is -2.40. The van der Waals surface area contributed by atoms with Crippen molar-refractivity contribution in [1.29, 1.82) is 0 Å². The first-order valence-electron chi connectivity index (χ1n) is 8.60. The number of hydrogen-bond donors (Lipinski definition) is 0. The molecule has 0 fully saturated rings. The number of rotatable bonds is 4. The summed E-state index contributed by atoms with van der Waals surface area (Å²) in [6.07, 6.45) is 1.56. The number of fused-ring (bicyclic) bond motifs is 1. The number of halogens is 2. The lowest BCUT2D eigenvalue weighted by Gasteiger charge is -2.14. The number of benzene rings is 2. The molecule has 4 rings (SSSR count). The number of hydrogen-bond acceptors (Lipinski definition) is 3. The summed E-state index contributed by atoms with van der Waals surface area (Å²) in [6.45, 7) is 0.497. The molecule has 5 nitrogen and oxygen atoms in total. The summed E-state index contributed by atoms with van der Waals surface area (Å²) in [7, 11) is 0. The molecule has 0 atom stereocenters. The summed E-state index contributed by atoms with van der Waals surface area (Å²) in [6, 6.07) is 18.3. The first kappa shape index (κ1) is 18.7. The Labute approximate surface area is 174 Å². The minimum absolute atomic E-state index is 0.154. The molecular weight excluding hydrogens is 442 g/mol. The summed E-state index contributed by atoms with van der Waals surface area (Å²) in [5, 5.41) is 0.601. The Balaban J connectivity index is 1.88. The third kappa shape index (κ3) is 3.66. The van der Waals surface area contributed by atoms with Gasteiger partial charge in [0.15, 0.2) is 5.52 Å². The van der Waals surface area contributed by atoms with Crippen LogP contribution in [0.2, 0.25) is 5.02 Å². The van der Waals surface area contributed by atoms with Crippen LogP contribution >= 0.6 is 27.5 Å². The summed E-state index contributed by atoms with van der Waals surface area (Å²) < 4.78 is 3.77. The van der Waals surface area contributed by atoms with Gasteiger partial charge in [0.05, 0.1) is 18.6 Å². The van der Waals surface area contributed by atoms with Gasteiger partial charge in [-0.3, -0.25) is 13.9 Å². The van der Waals surface area contributed by atoms with Crippen molar-refractivity contribution in [3.05, 3.63) is 108 Å². The molecule has 140 valence electrons. The van der Waals surface area contributed by atoms with Crippen LogP contribution in [0.25, 0.3) is 11.0 Å². The molecule has 0 aliphatic rings. The summed E-state index contributed by atoms with van der Waals surface area (Å²) >= 11 is 9.35. The highest BCUT2D eigenvalue weighted by Gasteiger charge is 2.14. The molecule has 2 heterocycles. The van der Waals surface area contributed by atoms with Crippen LogP contribution < -0.4 is 11.2 Å². The molecule has 0 amide bonds. The number of aromatic nitrogens is 3. The van der Waals surface area contributed by atoms with Crippen molar-refractivity contribution in [2.75, 3.05) is 0 Å². The average molecular weight is 457 g/mol. The van der Waals surface area contributed by atoms with Crippen LogP contribution in [0.4, 0.5) is 0 Å². The monoisotopic (exact) mass is 455 g/mol. The average Bonchev–Trinajstić information content (AvgIpc) is 2.71. The van der Waals surface area contributed by atoms with Gasteiger partial charge in [-0.15, -0.1) is 0 Å². The molecule has 0 aliphatic carbocycles. The molecular formula is C21H15BrClN3O2. The standard InChI is InChI=1S/C21H15BrClN3O2/c22-16-7-3-14(4-8-16)12-25-18-2-1-11-24-19(18)20(27)26(21(25)28)13-15-5-9-17(23)10-6-15/h1-11H,12-13H2. The SMILES string of the molecule is O=c1c2ncccc2n(Cc2ccc(Br)cc2)c(=O)n1Cc1ccc(Cl)cc1. The fourth-order valence-electron chi connectivity index (χ4n) is 3.08. The minimum atomic E-state index is -0.400. The Hall–Kier alpha value is -2.70. The largest absolute Gasteiger partial charge is 0.332 e. The molecule has 0 saturated heterocycles. The second kappa shape index (κ2) is 7.73. The van der Waals surface area contributed by atoms with Crippen molar-refractivity contribution in [2.24, 2.45) is 0 Å². The van der Waals surface area contributed by atoms with Gasteiger partial charge < -0.3 is 0 Å². The Morgan fingerprint density at radius 3 is 2.14 bits per heavy atom. The van der Waals surface area contributed by atoms with Crippen LogP contribution in [-0.4, -0.2) is 14.1 Å². The van der Waals surface area contributed by atoms with E-state index in [0.29, 0.717) is 17.1 Å². The van der Waals surface area contributed by atoms with E-state index in [4.69, 9.17) is 11.6 Å². The smallest absolute Gasteiger partial charge is 0.287 e. The normalized spacial score (nSPS) is 11.1. The molecule has 2 aromatic carbocycles. The van der Waals surface area contributed by atoms with E-state index >= 15 is 0 Å². The molecule has 28 heavy (non-hydrogen) atoms. The summed E-state index contributed by atoms with van der Waals surface area (Å²) in [4.78, 5) is 30.4. The summed E-state index contributed by atoms with van der Waals surface area (Å²) in [5.74, 6) is 0. The van der Waals surface area contributed by atoms with Crippen molar-refractivity contribution in [3.8, 4) is 0 Å². The van der Waals surface area contributed by atoms with Gasteiger partial charge in [0.2, 0.25) is 0 Å². The first-order valence-corrected chi connectivity index (χ1v) is 9.77. The van der Waals surface area contributed by atoms with E-state index in [9.17, 15) is 9.59 Å². The van der Waals surface area contributed by atoms with Gasteiger partial charge in [-0.1, -0.05) is 51.8 Å². The van der Waals surface area contributed by atoms with Gasteiger partial charge in [0.25, 0.3) is 5.56 Å². The Bertz CT molecular complexity index is 1260. The molecule has 0 bridgehead atoms. The Kier molecular flexibility index (Phi) is 5.15. The van der Waals surface area contributed by atoms with Crippen LogP contribution in [0.1, 0.15) is 11.1 Å². The van der Waals surface area contributed by atoms with Crippen molar-refractivity contribution in [1.82, 2.24) is 14.1 Å². The lowest BCUT2D eigenvalue weighted by atomic mass is 10.2. The van der Waals surface area contributed by atoms with E-state index in [1.165, 1.54) is 4.57 Å². The molecule has 0 radical (unpaired) electrons. The minimum Gasteiger partial charge on any atom is -0.287 e. The second-order valence-electron chi connectivity index (χ2n) is 6.38. The highest BCUT2D eigenvalue weighted by atomic mass is 79.9. The summed E-state index contributed by atoms with van der Waals surface area (Å²) in [5.41, 5.74) is 1.79. The topological polar surface area (TPSA) is 56.9 Å². The third-order valence-corrected chi connectivity index (χ3v) is 5.28. The molecule has 0 spiro atoms. The molecule has 4 aromatic rings. The van der Waals surface area contributed by atoms with Gasteiger partial charge in [-0.2, -0.15) is 0 Å². The highest BCUT2D eigenvalue weighted by Crippen LogP contribution is 2.14. The van der Waals surface area contributed by atoms with Gasteiger partial charge in [-0.25, -0.2) is 9.78 Å². The van der Waals surface area contributed by atoms with Crippen molar-refractivity contribution >= 4 is 38.6 Å². The Morgan fingerprint density at radius 2 is 1.46 bits per heavy atom. The molecule has 0 unspecified atom stereocenters. The van der Waals surface area contributed by atoms with Crippen LogP contribution in [0.5, 0.6) is 0 Å². The molecule has 0 N–H and O–H groups in total. The van der Waals surface area contributed by atoms with Crippen LogP contribution in [-0.2, 0) is 13.1 Å². The van der Waals surface area contributed by atoms with Crippen molar-refractivity contribution in [2.45, 2.75) is 13.1 Å². The van der Waals surface area contributed by atoms with E-state index in [2.05, 4.69) is 20.9 Å². The molecule has 2 aromatic heterocycles. The van der Waals surface area contributed by atoms with E-state index in [1.54, 1.807) is 47.2 Å². The maximum absolute atomic E-state index is 13.2. The van der Waals surface area contributed by atoms with E-state index in [1.807, 2.05) is 24.3 Å². The quantitative estimate of drug-likeness (QED) is 0.465. The van der Waals surface area contributed by atoms with E-state index in [-0.39, 0.29) is 17.8 Å². The third-order valence-electron chi connectivity index (χ3n) is 4.49. The maximum atomic E-state index is 13.2.